The predicted molar refractivity (Wildman–Crippen MR) is 71.1 cm³/mol. The number of rotatable bonds is 4. The molecule has 2 rings (SSSR count). The van der Waals surface area contributed by atoms with Gasteiger partial charge in [-0.2, -0.15) is 0 Å². The van der Waals surface area contributed by atoms with Crippen molar-refractivity contribution < 1.29 is 0 Å². The van der Waals surface area contributed by atoms with Crippen LogP contribution in [0.4, 0.5) is 5.82 Å². The lowest BCUT2D eigenvalue weighted by molar-refractivity contribution is 0.734. The smallest absolute Gasteiger partial charge is 0.147 e. The number of hydrogen-bond acceptors (Lipinski definition) is 5. The molecule has 0 aliphatic carbocycles. The van der Waals surface area contributed by atoms with Crippen molar-refractivity contribution in [2.24, 2.45) is 5.73 Å². The van der Waals surface area contributed by atoms with Gasteiger partial charge >= 0.3 is 0 Å². The van der Waals surface area contributed by atoms with E-state index in [0.29, 0.717) is 6.54 Å². The molecule has 0 aliphatic heterocycles. The van der Waals surface area contributed by atoms with E-state index in [1.54, 1.807) is 23.7 Å². The Morgan fingerprint density at radius 2 is 2.29 bits per heavy atom. The second-order valence-corrected chi connectivity index (χ2v) is 4.85. The molecule has 2 N–H and O–H groups in total. The summed E-state index contributed by atoms with van der Waals surface area (Å²) in [4.78, 5) is 12.0. The van der Waals surface area contributed by atoms with Crippen LogP contribution in [-0.4, -0.2) is 17.0 Å². The van der Waals surface area contributed by atoms with E-state index in [9.17, 15) is 0 Å². The van der Waals surface area contributed by atoms with Gasteiger partial charge in [-0.05, 0) is 18.4 Å². The molecule has 0 fully saturated rings. The van der Waals surface area contributed by atoms with E-state index in [2.05, 4.69) is 39.3 Å². The van der Waals surface area contributed by atoms with Gasteiger partial charge in [0.1, 0.15) is 5.82 Å². The van der Waals surface area contributed by atoms with Crippen LogP contribution >= 0.6 is 11.3 Å². The molecule has 90 valence electrons. The van der Waals surface area contributed by atoms with Crippen LogP contribution in [0.5, 0.6) is 0 Å². The van der Waals surface area contributed by atoms with Crippen LogP contribution in [0.15, 0.2) is 29.9 Å². The Kier molecular flexibility index (Phi) is 3.71. The zero-order valence-corrected chi connectivity index (χ0v) is 10.8. The van der Waals surface area contributed by atoms with Crippen LogP contribution in [0, 0.1) is 0 Å². The Labute approximate surface area is 105 Å². The minimum Gasteiger partial charge on any atom is -0.351 e. The van der Waals surface area contributed by atoms with E-state index in [-0.39, 0.29) is 6.04 Å². The SMILES string of the molecule is CC(c1cccs1)N(C)c1cncc(CN)n1. The summed E-state index contributed by atoms with van der Waals surface area (Å²) < 4.78 is 0. The van der Waals surface area contributed by atoms with Crippen LogP contribution in [-0.2, 0) is 6.54 Å². The Bertz CT molecular complexity index is 469. The van der Waals surface area contributed by atoms with Crippen molar-refractivity contribution in [2.75, 3.05) is 11.9 Å². The molecular formula is C12H16N4S. The topological polar surface area (TPSA) is 55.0 Å². The highest BCUT2D eigenvalue weighted by Gasteiger charge is 2.14. The first-order valence-electron chi connectivity index (χ1n) is 5.49. The number of thiophene rings is 1. The Hall–Kier alpha value is -1.46. The van der Waals surface area contributed by atoms with Crippen molar-refractivity contribution in [3.8, 4) is 0 Å². The normalized spacial score (nSPS) is 12.4. The molecule has 2 aromatic rings. The zero-order chi connectivity index (χ0) is 12.3. The fourth-order valence-electron chi connectivity index (χ4n) is 1.58. The third-order valence-corrected chi connectivity index (χ3v) is 3.82. The van der Waals surface area contributed by atoms with Crippen molar-refractivity contribution in [1.29, 1.82) is 0 Å². The second kappa shape index (κ2) is 5.25. The zero-order valence-electron chi connectivity index (χ0n) is 10.00. The van der Waals surface area contributed by atoms with Crippen molar-refractivity contribution in [1.82, 2.24) is 9.97 Å². The molecule has 0 saturated carbocycles. The molecule has 0 spiro atoms. The first kappa shape index (κ1) is 12.0. The van der Waals surface area contributed by atoms with Crippen molar-refractivity contribution >= 4 is 17.2 Å². The molecule has 5 heteroatoms. The fraction of sp³-hybridized carbons (Fsp3) is 0.333. The van der Waals surface area contributed by atoms with E-state index in [0.717, 1.165) is 11.5 Å². The van der Waals surface area contributed by atoms with E-state index in [1.165, 1.54) is 4.88 Å². The molecule has 2 aromatic heterocycles. The van der Waals surface area contributed by atoms with Crippen molar-refractivity contribution in [2.45, 2.75) is 19.5 Å². The van der Waals surface area contributed by atoms with Gasteiger partial charge < -0.3 is 10.6 Å². The van der Waals surface area contributed by atoms with E-state index >= 15 is 0 Å². The number of anilines is 1. The summed E-state index contributed by atoms with van der Waals surface area (Å²) >= 11 is 1.75. The highest BCUT2D eigenvalue weighted by Crippen LogP contribution is 2.26. The molecule has 4 nitrogen and oxygen atoms in total. The van der Waals surface area contributed by atoms with Crippen molar-refractivity contribution in [3.05, 3.63) is 40.5 Å². The average molecular weight is 248 g/mol. The summed E-state index contributed by atoms with van der Waals surface area (Å²) in [7, 11) is 2.02. The van der Waals surface area contributed by atoms with Crippen molar-refractivity contribution in [3.63, 3.8) is 0 Å². The van der Waals surface area contributed by atoms with Crippen LogP contribution in [0.3, 0.4) is 0 Å². The molecule has 0 aromatic carbocycles. The summed E-state index contributed by atoms with van der Waals surface area (Å²) in [5, 5.41) is 2.08. The van der Waals surface area contributed by atoms with Crippen LogP contribution < -0.4 is 10.6 Å². The minimum absolute atomic E-state index is 0.289. The number of nitrogens with two attached hydrogens (primary N) is 1. The summed E-state index contributed by atoms with van der Waals surface area (Å²) in [6, 6.07) is 4.48. The Morgan fingerprint density at radius 3 is 2.94 bits per heavy atom. The van der Waals surface area contributed by atoms with E-state index in [1.807, 2.05) is 7.05 Å². The number of nitrogens with zero attached hydrogens (tertiary/aromatic N) is 3. The Morgan fingerprint density at radius 1 is 1.47 bits per heavy atom. The minimum atomic E-state index is 0.289. The lowest BCUT2D eigenvalue weighted by Crippen LogP contribution is -2.22. The highest BCUT2D eigenvalue weighted by atomic mass is 32.1. The molecule has 0 bridgehead atoms. The monoisotopic (exact) mass is 248 g/mol. The van der Waals surface area contributed by atoms with Gasteiger partial charge in [0.05, 0.1) is 17.9 Å². The molecule has 0 amide bonds. The molecule has 1 unspecified atom stereocenters. The number of aromatic nitrogens is 2. The number of hydrogen-bond donors (Lipinski definition) is 1. The van der Waals surface area contributed by atoms with E-state index < -0.39 is 0 Å². The fourth-order valence-corrected chi connectivity index (χ4v) is 2.41. The first-order chi connectivity index (χ1) is 8.22. The van der Waals surface area contributed by atoms with Gasteiger partial charge in [-0.15, -0.1) is 11.3 Å². The summed E-state index contributed by atoms with van der Waals surface area (Å²) in [6.07, 6.45) is 3.47. The Balaban J connectivity index is 2.21. The van der Waals surface area contributed by atoms with Gasteiger partial charge in [0.15, 0.2) is 0 Å². The summed E-state index contributed by atoms with van der Waals surface area (Å²) in [6.45, 7) is 2.57. The second-order valence-electron chi connectivity index (χ2n) is 3.88. The van der Waals surface area contributed by atoms with Gasteiger partial charge in [-0.25, -0.2) is 4.98 Å². The molecule has 0 saturated heterocycles. The predicted octanol–water partition coefficient (Wildman–Crippen LogP) is 2.19. The average Bonchev–Trinajstić information content (AvgIpc) is 2.91. The van der Waals surface area contributed by atoms with Crippen LogP contribution in [0.2, 0.25) is 0 Å². The largest absolute Gasteiger partial charge is 0.351 e. The van der Waals surface area contributed by atoms with Gasteiger partial charge in [-0.3, -0.25) is 4.98 Å². The van der Waals surface area contributed by atoms with Gasteiger partial charge in [0, 0.05) is 24.7 Å². The van der Waals surface area contributed by atoms with Gasteiger partial charge in [0.25, 0.3) is 0 Å². The molecule has 2 heterocycles. The maximum absolute atomic E-state index is 5.57. The quantitative estimate of drug-likeness (QED) is 0.901. The highest BCUT2D eigenvalue weighted by molar-refractivity contribution is 7.10. The summed E-state index contributed by atoms with van der Waals surface area (Å²) in [5.74, 6) is 0.855. The third kappa shape index (κ3) is 2.62. The third-order valence-electron chi connectivity index (χ3n) is 2.78. The molecule has 17 heavy (non-hydrogen) atoms. The molecular weight excluding hydrogens is 232 g/mol. The molecule has 0 aliphatic rings. The van der Waals surface area contributed by atoms with Gasteiger partial charge in [-0.1, -0.05) is 6.07 Å². The standard InChI is InChI=1S/C12H16N4S/c1-9(11-4-3-5-17-11)16(2)12-8-14-7-10(6-13)15-12/h3-5,7-9H,6,13H2,1-2H3. The van der Waals surface area contributed by atoms with Gasteiger partial charge in [0.2, 0.25) is 0 Å². The van der Waals surface area contributed by atoms with Crippen LogP contribution in [0.25, 0.3) is 0 Å². The lowest BCUT2D eigenvalue weighted by Gasteiger charge is -2.25. The maximum Gasteiger partial charge on any atom is 0.147 e. The van der Waals surface area contributed by atoms with Crippen LogP contribution in [0.1, 0.15) is 23.5 Å². The lowest BCUT2D eigenvalue weighted by atomic mass is 10.2. The maximum atomic E-state index is 5.57. The van der Waals surface area contributed by atoms with E-state index in [4.69, 9.17) is 5.73 Å². The summed E-state index contributed by atoms with van der Waals surface area (Å²) in [5.41, 5.74) is 6.38. The molecule has 1 atom stereocenters. The first-order valence-corrected chi connectivity index (χ1v) is 6.37. The molecule has 0 radical (unpaired) electrons.